The Balaban J connectivity index is 2.12. The van der Waals surface area contributed by atoms with Crippen molar-refractivity contribution in [2.75, 3.05) is 13.2 Å². The van der Waals surface area contributed by atoms with Gasteiger partial charge in [-0.05, 0) is 31.2 Å². The molecule has 1 unspecified atom stereocenters. The van der Waals surface area contributed by atoms with Crippen molar-refractivity contribution in [2.24, 2.45) is 5.73 Å². The van der Waals surface area contributed by atoms with Crippen molar-refractivity contribution in [3.05, 3.63) is 35.1 Å². The van der Waals surface area contributed by atoms with Crippen LogP contribution in [-0.4, -0.2) is 23.4 Å². The molecule has 2 rings (SSSR count). The average Bonchev–Trinajstić information content (AvgIpc) is 2.86. The fourth-order valence-corrected chi connectivity index (χ4v) is 1.54. The highest BCUT2D eigenvalue weighted by Crippen LogP contribution is 2.20. The molecule has 2 aromatic rings. The van der Waals surface area contributed by atoms with Gasteiger partial charge in [0, 0.05) is 17.2 Å². The first-order chi connectivity index (χ1) is 8.70. The number of nitrogens with two attached hydrogens (primary N) is 1. The summed E-state index contributed by atoms with van der Waals surface area (Å²) >= 11 is 5.81. The van der Waals surface area contributed by atoms with Crippen LogP contribution in [-0.2, 0) is 4.74 Å². The van der Waals surface area contributed by atoms with Crippen molar-refractivity contribution in [1.29, 1.82) is 0 Å². The SMILES string of the molecule is CCOCC(N)c1noc(-c2ccc(Cl)cc2)n1. The van der Waals surface area contributed by atoms with E-state index in [1.54, 1.807) is 12.1 Å². The third kappa shape index (κ3) is 3.07. The van der Waals surface area contributed by atoms with Gasteiger partial charge < -0.3 is 15.0 Å². The maximum atomic E-state index is 5.87. The van der Waals surface area contributed by atoms with E-state index in [0.717, 1.165) is 5.56 Å². The van der Waals surface area contributed by atoms with Crippen molar-refractivity contribution < 1.29 is 9.26 Å². The normalized spacial score (nSPS) is 12.6. The van der Waals surface area contributed by atoms with E-state index < -0.39 is 0 Å². The maximum Gasteiger partial charge on any atom is 0.257 e. The van der Waals surface area contributed by atoms with Gasteiger partial charge in [-0.25, -0.2) is 0 Å². The molecule has 5 nitrogen and oxygen atoms in total. The summed E-state index contributed by atoms with van der Waals surface area (Å²) in [7, 11) is 0. The Morgan fingerprint density at radius 3 is 2.78 bits per heavy atom. The highest BCUT2D eigenvalue weighted by atomic mass is 35.5. The first-order valence-corrected chi connectivity index (χ1v) is 6.01. The highest BCUT2D eigenvalue weighted by molar-refractivity contribution is 6.30. The summed E-state index contributed by atoms with van der Waals surface area (Å²) in [6, 6.07) is 6.78. The summed E-state index contributed by atoms with van der Waals surface area (Å²) in [4.78, 5) is 4.24. The van der Waals surface area contributed by atoms with Crippen molar-refractivity contribution in [1.82, 2.24) is 10.1 Å². The molecule has 18 heavy (non-hydrogen) atoms. The lowest BCUT2D eigenvalue weighted by Crippen LogP contribution is -2.18. The molecule has 0 aliphatic rings. The Kier molecular flexibility index (Phi) is 4.30. The molecule has 6 heteroatoms. The van der Waals surface area contributed by atoms with Gasteiger partial charge in [0.15, 0.2) is 5.82 Å². The van der Waals surface area contributed by atoms with Crippen LogP contribution in [0.3, 0.4) is 0 Å². The molecule has 0 amide bonds. The van der Waals surface area contributed by atoms with Gasteiger partial charge in [-0.1, -0.05) is 16.8 Å². The van der Waals surface area contributed by atoms with Crippen LogP contribution in [0.25, 0.3) is 11.5 Å². The number of halogens is 1. The standard InChI is InChI=1S/C12H14ClN3O2/c1-2-17-7-10(14)11-15-12(18-16-11)8-3-5-9(13)6-4-8/h3-6,10H,2,7,14H2,1H3. The van der Waals surface area contributed by atoms with Crippen LogP contribution < -0.4 is 5.73 Å². The Hall–Kier alpha value is -1.43. The number of nitrogens with zero attached hydrogens (tertiary/aromatic N) is 2. The number of aromatic nitrogens is 2. The lowest BCUT2D eigenvalue weighted by Gasteiger charge is -2.05. The summed E-state index contributed by atoms with van der Waals surface area (Å²) < 4.78 is 10.4. The largest absolute Gasteiger partial charge is 0.380 e. The first-order valence-electron chi connectivity index (χ1n) is 5.63. The molecule has 0 aliphatic carbocycles. The van der Waals surface area contributed by atoms with Crippen LogP contribution in [0.1, 0.15) is 18.8 Å². The van der Waals surface area contributed by atoms with E-state index in [1.165, 1.54) is 0 Å². The number of ether oxygens (including phenoxy) is 1. The van der Waals surface area contributed by atoms with E-state index in [1.807, 2.05) is 19.1 Å². The van der Waals surface area contributed by atoms with E-state index >= 15 is 0 Å². The lowest BCUT2D eigenvalue weighted by atomic mass is 10.2. The summed E-state index contributed by atoms with van der Waals surface area (Å²) in [6.45, 7) is 2.88. The monoisotopic (exact) mass is 267 g/mol. The molecule has 0 aliphatic heterocycles. The van der Waals surface area contributed by atoms with Crippen molar-refractivity contribution in [3.8, 4) is 11.5 Å². The summed E-state index contributed by atoms with van der Waals surface area (Å²) in [6.07, 6.45) is 0. The van der Waals surface area contributed by atoms with Crippen LogP contribution >= 0.6 is 11.6 Å². The first kappa shape index (κ1) is 13.0. The van der Waals surface area contributed by atoms with E-state index in [2.05, 4.69) is 10.1 Å². The van der Waals surface area contributed by atoms with Crippen LogP contribution in [0, 0.1) is 0 Å². The fraction of sp³-hybridized carbons (Fsp3) is 0.333. The second-order valence-electron chi connectivity index (χ2n) is 3.73. The Morgan fingerprint density at radius 2 is 2.11 bits per heavy atom. The Bertz CT molecular complexity index is 498. The molecule has 1 aromatic heterocycles. The third-order valence-electron chi connectivity index (χ3n) is 2.37. The summed E-state index contributed by atoms with van der Waals surface area (Å²) in [5.41, 5.74) is 6.67. The smallest absolute Gasteiger partial charge is 0.257 e. The molecule has 0 fully saturated rings. The van der Waals surface area contributed by atoms with Gasteiger partial charge in [0.2, 0.25) is 0 Å². The maximum absolute atomic E-state index is 5.87. The Morgan fingerprint density at radius 1 is 1.39 bits per heavy atom. The van der Waals surface area contributed by atoms with Gasteiger partial charge in [-0.15, -0.1) is 0 Å². The second kappa shape index (κ2) is 5.95. The van der Waals surface area contributed by atoms with E-state index in [9.17, 15) is 0 Å². The minimum Gasteiger partial charge on any atom is -0.380 e. The zero-order valence-electron chi connectivity index (χ0n) is 9.97. The summed E-state index contributed by atoms with van der Waals surface area (Å²) in [5, 5.41) is 4.50. The van der Waals surface area contributed by atoms with E-state index in [-0.39, 0.29) is 6.04 Å². The van der Waals surface area contributed by atoms with Crippen molar-refractivity contribution >= 4 is 11.6 Å². The highest BCUT2D eigenvalue weighted by Gasteiger charge is 2.15. The molecule has 96 valence electrons. The molecule has 0 spiro atoms. The minimum atomic E-state index is -0.380. The lowest BCUT2D eigenvalue weighted by molar-refractivity contribution is 0.130. The molecule has 1 aromatic carbocycles. The molecule has 0 bridgehead atoms. The van der Waals surface area contributed by atoms with Gasteiger partial charge in [0.05, 0.1) is 12.6 Å². The van der Waals surface area contributed by atoms with Crippen LogP contribution in [0.2, 0.25) is 5.02 Å². The van der Waals surface area contributed by atoms with E-state index in [0.29, 0.717) is 30.0 Å². The molecular weight excluding hydrogens is 254 g/mol. The summed E-state index contributed by atoms with van der Waals surface area (Å²) in [5.74, 6) is 0.863. The van der Waals surface area contributed by atoms with Crippen molar-refractivity contribution in [2.45, 2.75) is 13.0 Å². The number of hydrogen-bond acceptors (Lipinski definition) is 5. The van der Waals surface area contributed by atoms with Gasteiger partial charge in [0.25, 0.3) is 5.89 Å². The van der Waals surface area contributed by atoms with Crippen LogP contribution in [0.15, 0.2) is 28.8 Å². The number of rotatable bonds is 5. The predicted octanol–water partition coefficient (Wildman–Crippen LogP) is 2.43. The van der Waals surface area contributed by atoms with Gasteiger partial charge in [-0.2, -0.15) is 4.98 Å². The molecule has 1 atom stereocenters. The second-order valence-corrected chi connectivity index (χ2v) is 4.17. The predicted molar refractivity (Wildman–Crippen MR) is 68.2 cm³/mol. The molecule has 1 heterocycles. The quantitative estimate of drug-likeness (QED) is 0.900. The zero-order chi connectivity index (χ0) is 13.0. The molecule has 2 N–H and O–H groups in total. The van der Waals surface area contributed by atoms with Gasteiger partial charge >= 0.3 is 0 Å². The topological polar surface area (TPSA) is 74.2 Å². The Labute approximate surface area is 110 Å². The molecule has 0 saturated heterocycles. The number of hydrogen-bond donors (Lipinski definition) is 1. The van der Waals surface area contributed by atoms with Gasteiger partial charge in [-0.3, -0.25) is 0 Å². The van der Waals surface area contributed by atoms with Crippen LogP contribution in [0.4, 0.5) is 0 Å². The molecule has 0 saturated carbocycles. The third-order valence-corrected chi connectivity index (χ3v) is 2.62. The fourth-order valence-electron chi connectivity index (χ4n) is 1.41. The van der Waals surface area contributed by atoms with Crippen molar-refractivity contribution in [3.63, 3.8) is 0 Å². The number of benzene rings is 1. The molecular formula is C12H14ClN3O2. The average molecular weight is 268 g/mol. The van der Waals surface area contributed by atoms with Crippen LogP contribution in [0.5, 0.6) is 0 Å². The van der Waals surface area contributed by atoms with Gasteiger partial charge in [0.1, 0.15) is 0 Å². The minimum absolute atomic E-state index is 0.371. The molecule has 0 radical (unpaired) electrons. The van der Waals surface area contributed by atoms with E-state index in [4.69, 9.17) is 26.6 Å². The zero-order valence-corrected chi connectivity index (χ0v) is 10.7.